The van der Waals surface area contributed by atoms with Crippen molar-refractivity contribution in [3.05, 3.63) is 207 Å². The molecule has 18 heteroatoms. The molecule has 6 aromatic carbocycles. The van der Waals surface area contributed by atoms with Gasteiger partial charge in [-0.05, 0) is 75.8 Å². The average Bonchev–Trinajstić information content (AvgIpc) is 3.87. The number of carbonyl (C=O) groups excluding carboxylic acids is 5. The molecule has 3 heterocycles. The zero-order chi connectivity index (χ0) is 51.2. The van der Waals surface area contributed by atoms with Gasteiger partial charge >= 0.3 is 18.1 Å². The fourth-order valence-electron chi connectivity index (χ4n) is 10.2. The number of morpholine rings is 1. The van der Waals surface area contributed by atoms with E-state index in [9.17, 15) is 29.9 Å². The summed E-state index contributed by atoms with van der Waals surface area (Å²) < 4.78 is 18.1. The summed E-state index contributed by atoms with van der Waals surface area (Å²) in [7, 11) is 0. The van der Waals surface area contributed by atoms with E-state index in [0.717, 1.165) is 4.90 Å². The molecule has 0 aliphatic carbocycles. The molecule has 7 atom stereocenters. The molecule has 3 aliphatic rings. The molecule has 6 N–H and O–H groups in total. The van der Waals surface area contributed by atoms with Gasteiger partial charge in [0.05, 0.1) is 47.9 Å². The van der Waals surface area contributed by atoms with Crippen LogP contribution in [0.3, 0.4) is 0 Å². The van der Waals surface area contributed by atoms with Crippen molar-refractivity contribution < 1.29 is 53.3 Å². The Hall–Kier alpha value is -8.89. The smallest absolute Gasteiger partial charge is 0.421 e. The number of ether oxygens (including phenoxy) is 3. The van der Waals surface area contributed by atoms with Crippen molar-refractivity contribution in [1.29, 1.82) is 0 Å². The minimum atomic E-state index is -2.23. The number of esters is 1. The third-order valence-corrected chi connectivity index (χ3v) is 13.2. The first-order valence-electron chi connectivity index (χ1n) is 23.3. The van der Waals surface area contributed by atoms with Gasteiger partial charge in [0.2, 0.25) is 11.8 Å². The summed E-state index contributed by atoms with van der Waals surface area (Å²) in [6, 6.07) is 38.8. The van der Waals surface area contributed by atoms with Gasteiger partial charge in [-0.1, -0.05) is 115 Å². The van der Waals surface area contributed by atoms with E-state index in [4.69, 9.17) is 19.9 Å². The van der Waals surface area contributed by atoms with Crippen molar-refractivity contribution in [2.45, 2.75) is 42.4 Å². The zero-order valence-electron chi connectivity index (χ0n) is 38.9. The van der Waals surface area contributed by atoms with Gasteiger partial charge in [-0.15, -0.1) is 0 Å². The SMILES string of the molecule is NC(=O)NCC#Cc1ccc2c(c1)[C@]1(C(=O)N2C(=O)OCc2ccc([N+](=O)[O-])cc2)[C@H](c2ccc(OCCO)cc2)N2[C@H](c3ccccc3)[C@H](c3ccccc3)OC(=O)[C@H]2[C@@H]1C(=O)NC[C@H](O)c1ccccc1. The maximum absolute atomic E-state index is 16.5. The maximum atomic E-state index is 16.5. The number of amides is 5. The maximum Gasteiger partial charge on any atom is 0.421 e. The third-order valence-electron chi connectivity index (χ3n) is 13.2. The number of rotatable bonds is 14. The number of nitro groups is 1. The number of nitrogens with two attached hydrogens (primary N) is 1. The summed E-state index contributed by atoms with van der Waals surface area (Å²) >= 11 is 0. The van der Waals surface area contributed by atoms with E-state index < -0.39 is 83.1 Å². The lowest BCUT2D eigenvalue weighted by atomic mass is 9.65. The summed E-state index contributed by atoms with van der Waals surface area (Å²) in [4.78, 5) is 87.6. The van der Waals surface area contributed by atoms with Crippen molar-refractivity contribution in [2.75, 3.05) is 31.2 Å². The summed E-state index contributed by atoms with van der Waals surface area (Å²) in [6.07, 6.45) is -3.41. The van der Waals surface area contributed by atoms with Crippen LogP contribution in [0.15, 0.2) is 158 Å². The lowest BCUT2D eigenvalue weighted by Gasteiger charge is -2.46. The van der Waals surface area contributed by atoms with Crippen LogP contribution < -0.4 is 26.0 Å². The summed E-state index contributed by atoms with van der Waals surface area (Å²) in [6.45, 7) is -1.23. The monoisotopic (exact) mass is 984 g/mol. The number of nitrogens with one attached hydrogen (secondary N) is 2. The number of primary amides is 1. The summed E-state index contributed by atoms with van der Waals surface area (Å²) in [5.74, 6) is 1.83. The van der Waals surface area contributed by atoms with E-state index in [1.165, 1.54) is 30.3 Å². The topological polar surface area (TPSA) is 253 Å². The number of hydrogen-bond donors (Lipinski definition) is 5. The number of aliphatic hydroxyl groups excluding tert-OH is 2. The fraction of sp³-hybridized carbons (Fsp3) is 0.218. The van der Waals surface area contributed by atoms with Crippen molar-refractivity contribution >= 4 is 41.3 Å². The predicted molar refractivity (Wildman–Crippen MR) is 263 cm³/mol. The van der Waals surface area contributed by atoms with Crippen molar-refractivity contribution in [3.63, 3.8) is 0 Å². The number of aliphatic hydroxyl groups is 2. The molecule has 0 radical (unpaired) electrons. The van der Waals surface area contributed by atoms with Crippen molar-refractivity contribution in [3.8, 4) is 17.6 Å². The van der Waals surface area contributed by atoms with Gasteiger partial charge in [-0.25, -0.2) is 14.5 Å². The third kappa shape index (κ3) is 9.55. The average molecular weight is 985 g/mol. The van der Waals surface area contributed by atoms with Gasteiger partial charge < -0.3 is 40.8 Å². The molecule has 1 spiro atoms. The number of carbonyl (C=O) groups is 5. The minimum absolute atomic E-state index is 0.00128. The second-order valence-electron chi connectivity index (χ2n) is 17.4. The van der Waals surface area contributed by atoms with Gasteiger partial charge in [0.25, 0.3) is 5.69 Å². The number of non-ortho nitro benzene ring substituents is 1. The number of nitrogens with zero attached hydrogens (tertiary/aromatic N) is 3. The van der Waals surface area contributed by atoms with E-state index in [2.05, 4.69) is 22.5 Å². The van der Waals surface area contributed by atoms with Gasteiger partial charge in [-0.2, -0.15) is 0 Å². The van der Waals surface area contributed by atoms with E-state index in [-0.39, 0.29) is 48.8 Å². The number of imide groups is 1. The Morgan fingerprint density at radius 3 is 2.12 bits per heavy atom. The van der Waals surface area contributed by atoms with E-state index in [1.54, 1.807) is 78.9 Å². The second-order valence-corrected chi connectivity index (χ2v) is 17.4. The van der Waals surface area contributed by atoms with Crippen molar-refractivity contribution in [1.82, 2.24) is 15.5 Å². The van der Waals surface area contributed by atoms with Crippen molar-refractivity contribution in [2.24, 2.45) is 11.7 Å². The Morgan fingerprint density at radius 1 is 0.822 bits per heavy atom. The molecule has 0 saturated carbocycles. The standard InChI is InChI=1S/C55H48N6O12/c56-53(67)57-28-10-11-34-20-27-43-42(31-34)55(52(66)59(43)54(68)72-33-35-18-23-40(24-19-35)61(69)70)45(50(64)58-32-44(63)36-12-4-1-5-13-36)47-51(65)73-48(38-16-8-3-9-17-38)46(37-14-6-2-7-15-37)60(47)49(55)39-21-25-41(26-22-39)71-30-29-62/h1-9,12-27,31,44-49,62-63H,28-30,32-33H2,(H,58,64)(H3,56,57,67)/t44-,45+,46+,47+,48-,49-,55+/m0/s1. The van der Waals surface area contributed by atoms with Gasteiger partial charge in [0, 0.05) is 24.2 Å². The molecule has 9 rings (SSSR count). The molecule has 6 aromatic rings. The molecule has 0 unspecified atom stereocenters. The number of fused-ring (bicyclic) bond motifs is 3. The highest BCUT2D eigenvalue weighted by Gasteiger charge is 2.75. The van der Waals surface area contributed by atoms with Crippen LogP contribution in [0, 0.1) is 27.9 Å². The largest absolute Gasteiger partial charge is 0.491 e. The number of nitro benzene ring substituents is 1. The highest BCUT2D eigenvalue weighted by Crippen LogP contribution is 2.66. The molecule has 0 aromatic heterocycles. The van der Waals surface area contributed by atoms with E-state index in [1.807, 2.05) is 53.4 Å². The number of benzene rings is 6. The normalized spacial score (nSPS) is 21.2. The molecule has 3 aliphatic heterocycles. The molecular weight excluding hydrogens is 937 g/mol. The Bertz CT molecular complexity index is 3100. The predicted octanol–water partition coefficient (Wildman–Crippen LogP) is 5.84. The fourth-order valence-corrected chi connectivity index (χ4v) is 10.2. The number of hydrogen-bond acceptors (Lipinski definition) is 13. The highest BCUT2D eigenvalue weighted by atomic mass is 16.6. The van der Waals surface area contributed by atoms with E-state index in [0.29, 0.717) is 33.6 Å². The molecule has 2 saturated heterocycles. The van der Waals surface area contributed by atoms with Crippen LogP contribution in [-0.2, 0) is 35.9 Å². The zero-order valence-corrected chi connectivity index (χ0v) is 38.9. The quantitative estimate of drug-likeness (QED) is 0.0373. The molecule has 5 amide bonds. The first-order valence-corrected chi connectivity index (χ1v) is 23.3. The molecule has 73 heavy (non-hydrogen) atoms. The van der Waals surface area contributed by atoms with Crippen LogP contribution in [-0.4, -0.2) is 82.3 Å². The Labute approximate surface area is 418 Å². The Kier molecular flexibility index (Phi) is 14.3. The van der Waals surface area contributed by atoms with Crippen LogP contribution in [0.2, 0.25) is 0 Å². The summed E-state index contributed by atoms with van der Waals surface area (Å²) in [5, 5.41) is 37.8. The lowest BCUT2D eigenvalue weighted by molar-refractivity contribution is -0.384. The highest BCUT2D eigenvalue weighted by molar-refractivity contribution is 6.23. The van der Waals surface area contributed by atoms with Gasteiger partial charge in [0.1, 0.15) is 36.5 Å². The second kappa shape index (κ2) is 21.2. The Morgan fingerprint density at radius 2 is 1.48 bits per heavy atom. The molecule has 0 bridgehead atoms. The van der Waals surface area contributed by atoms with Crippen LogP contribution in [0.1, 0.15) is 63.2 Å². The Balaban J connectivity index is 1.29. The molecular formula is C55H48N6O12. The van der Waals surface area contributed by atoms with Crippen LogP contribution in [0.4, 0.5) is 21.0 Å². The van der Waals surface area contributed by atoms with Crippen LogP contribution in [0.25, 0.3) is 0 Å². The van der Waals surface area contributed by atoms with Crippen LogP contribution >= 0.6 is 0 Å². The summed E-state index contributed by atoms with van der Waals surface area (Å²) in [5.41, 5.74) is 5.81. The number of cyclic esters (lactones) is 1. The molecule has 2 fully saturated rings. The van der Waals surface area contributed by atoms with Gasteiger partial charge in [0.15, 0.2) is 0 Å². The minimum Gasteiger partial charge on any atom is -0.491 e. The van der Waals surface area contributed by atoms with Gasteiger partial charge in [-0.3, -0.25) is 29.4 Å². The molecule has 370 valence electrons. The first kappa shape index (κ1) is 49.1. The lowest BCUT2D eigenvalue weighted by Crippen LogP contribution is -2.56. The number of anilines is 1. The molecule has 18 nitrogen and oxygen atoms in total. The van der Waals surface area contributed by atoms with E-state index >= 15 is 14.4 Å². The van der Waals surface area contributed by atoms with Crippen LogP contribution in [0.5, 0.6) is 5.75 Å². The number of urea groups is 1. The first-order chi connectivity index (χ1) is 35.4.